The van der Waals surface area contributed by atoms with Gasteiger partial charge in [-0.15, -0.1) is 0 Å². The number of anilines is 1. The molecule has 0 fully saturated rings. The van der Waals surface area contributed by atoms with Gasteiger partial charge in [-0.05, 0) is 52.8 Å². The van der Waals surface area contributed by atoms with Crippen LogP contribution < -0.4 is 14.2 Å². The van der Waals surface area contributed by atoms with Crippen molar-refractivity contribution < 1.29 is 26.5 Å². The normalized spacial score (nSPS) is 11.1. The second-order valence-electron chi connectivity index (χ2n) is 6.40. The number of nitrogens with zero attached hydrogens (tertiary/aromatic N) is 5. The van der Waals surface area contributed by atoms with Crippen molar-refractivity contribution in [3.8, 4) is 11.8 Å². The van der Waals surface area contributed by atoms with Crippen molar-refractivity contribution in [1.82, 2.24) is 0 Å². The van der Waals surface area contributed by atoms with E-state index in [2.05, 4.69) is 20.5 Å². The molecule has 32 heavy (non-hydrogen) atoms. The number of thiazole rings is 1. The van der Waals surface area contributed by atoms with E-state index in [1.165, 1.54) is 0 Å². The van der Waals surface area contributed by atoms with E-state index in [1.807, 2.05) is 66.0 Å². The Balaban J connectivity index is 0.000000534. The van der Waals surface area contributed by atoms with Crippen molar-refractivity contribution in [3.05, 3.63) is 42.5 Å². The summed E-state index contributed by atoms with van der Waals surface area (Å²) in [5, 5.41) is 18.3. The molecule has 0 spiro atoms. The molecule has 3 aromatic rings. The zero-order valence-electron chi connectivity index (χ0n) is 18.0. The zero-order valence-corrected chi connectivity index (χ0v) is 19.7. The van der Waals surface area contributed by atoms with Crippen LogP contribution in [0.4, 0.5) is 16.5 Å². The van der Waals surface area contributed by atoms with E-state index < -0.39 is 10.4 Å². The molecule has 1 aromatic heterocycles. The molecule has 0 amide bonds. The van der Waals surface area contributed by atoms with Crippen LogP contribution >= 0.6 is 11.3 Å². The van der Waals surface area contributed by atoms with E-state index in [4.69, 9.17) is 10.00 Å². The maximum Gasteiger partial charge on any atom is 0.409 e. The fraction of sp³-hybridized carbons (Fsp3) is 0.300. The molecular formula is C20H23N5O5S2. The van der Waals surface area contributed by atoms with Crippen molar-refractivity contribution in [2.45, 2.75) is 6.42 Å². The number of hydrogen-bond donors (Lipinski definition) is 0. The highest BCUT2D eigenvalue weighted by Gasteiger charge is 2.16. The molecular weight excluding hydrogens is 454 g/mol. The standard InChI is InChI=1S/C19H20N5OS.CH4O4S/c1-23(12-4-11-20)15-7-5-14(6-8-15)21-22-19-24(2)17-10-9-16(25-3)13-18(17)26-19;1-5-6(2,3)4/h5-10,13H,4,12H2,1-3H3;1H3,(H,2,3,4)/q+1;/p-1. The summed E-state index contributed by atoms with van der Waals surface area (Å²) in [4.78, 5) is 2.05. The molecule has 170 valence electrons. The van der Waals surface area contributed by atoms with Gasteiger partial charge < -0.3 is 14.2 Å². The number of azo groups is 1. The van der Waals surface area contributed by atoms with Gasteiger partial charge in [0.15, 0.2) is 0 Å². The molecule has 0 aliphatic carbocycles. The number of hydrogen-bond acceptors (Lipinski definition) is 10. The van der Waals surface area contributed by atoms with Crippen LogP contribution in [0.25, 0.3) is 10.2 Å². The first-order valence-corrected chi connectivity index (χ1v) is 11.4. The number of aromatic nitrogens is 1. The summed E-state index contributed by atoms with van der Waals surface area (Å²) < 4.78 is 39.4. The molecule has 0 aliphatic rings. The second-order valence-corrected chi connectivity index (χ2v) is 8.56. The SMILES string of the molecule is COS(=O)(=O)[O-].COc1ccc2c(c1)sc(N=Nc1ccc(N(C)CCC#N)cc1)[n+]2C. The van der Waals surface area contributed by atoms with Crippen LogP contribution in [-0.4, -0.2) is 40.8 Å². The lowest BCUT2D eigenvalue weighted by atomic mass is 10.2. The fourth-order valence-electron chi connectivity index (χ4n) is 2.56. The van der Waals surface area contributed by atoms with Gasteiger partial charge in [-0.1, -0.05) is 0 Å². The summed E-state index contributed by atoms with van der Waals surface area (Å²) in [6, 6.07) is 16.0. The summed E-state index contributed by atoms with van der Waals surface area (Å²) >= 11 is 1.57. The molecule has 0 bridgehead atoms. The zero-order chi connectivity index (χ0) is 23.7. The van der Waals surface area contributed by atoms with E-state index in [-0.39, 0.29) is 0 Å². The van der Waals surface area contributed by atoms with Crippen molar-refractivity contribution in [3.63, 3.8) is 0 Å². The molecule has 3 rings (SSSR count). The van der Waals surface area contributed by atoms with Crippen molar-refractivity contribution in [1.29, 1.82) is 5.26 Å². The molecule has 2 aromatic carbocycles. The molecule has 0 unspecified atom stereocenters. The number of rotatable bonds is 7. The van der Waals surface area contributed by atoms with Crippen LogP contribution in [0.2, 0.25) is 0 Å². The molecule has 0 aliphatic heterocycles. The number of ether oxygens (including phenoxy) is 1. The van der Waals surface area contributed by atoms with Gasteiger partial charge >= 0.3 is 5.13 Å². The lowest BCUT2D eigenvalue weighted by Crippen LogP contribution is -2.25. The molecule has 0 radical (unpaired) electrons. The predicted molar refractivity (Wildman–Crippen MR) is 120 cm³/mol. The van der Waals surface area contributed by atoms with Crippen LogP contribution in [0.15, 0.2) is 52.7 Å². The van der Waals surface area contributed by atoms with Gasteiger partial charge in [0, 0.05) is 25.3 Å². The third-order valence-electron chi connectivity index (χ3n) is 4.32. The summed E-state index contributed by atoms with van der Waals surface area (Å²) in [7, 11) is 2.01. The molecule has 1 heterocycles. The summed E-state index contributed by atoms with van der Waals surface area (Å²) in [6.07, 6.45) is 0.505. The topological polar surface area (TPSA) is 131 Å². The summed E-state index contributed by atoms with van der Waals surface area (Å²) in [6.45, 7) is 0.707. The Morgan fingerprint density at radius 2 is 1.84 bits per heavy atom. The highest BCUT2D eigenvalue weighted by atomic mass is 32.3. The van der Waals surface area contributed by atoms with Crippen LogP contribution in [0.1, 0.15) is 6.42 Å². The monoisotopic (exact) mass is 477 g/mol. The molecule has 0 saturated carbocycles. The van der Waals surface area contributed by atoms with E-state index in [0.717, 1.165) is 39.6 Å². The lowest BCUT2D eigenvalue weighted by Gasteiger charge is -2.17. The summed E-state index contributed by atoms with van der Waals surface area (Å²) in [5.74, 6) is 0.832. The smallest absolute Gasteiger partial charge is 0.409 e. The third kappa shape index (κ3) is 7.24. The van der Waals surface area contributed by atoms with Gasteiger partial charge in [0.2, 0.25) is 10.4 Å². The van der Waals surface area contributed by atoms with Crippen molar-refractivity contribution in [2.24, 2.45) is 17.3 Å². The second kappa shape index (κ2) is 11.5. The van der Waals surface area contributed by atoms with Gasteiger partial charge in [-0.2, -0.15) is 5.26 Å². The van der Waals surface area contributed by atoms with Crippen molar-refractivity contribution in [2.75, 3.05) is 32.7 Å². The first kappa shape index (κ1) is 25.2. The first-order valence-electron chi connectivity index (χ1n) is 9.26. The lowest BCUT2D eigenvalue weighted by molar-refractivity contribution is -0.627. The third-order valence-corrected chi connectivity index (χ3v) is 5.81. The molecule has 12 heteroatoms. The van der Waals surface area contributed by atoms with Crippen LogP contribution in [0.5, 0.6) is 5.75 Å². The highest BCUT2D eigenvalue weighted by Crippen LogP contribution is 2.30. The number of aryl methyl sites for hydroxylation is 1. The van der Waals surface area contributed by atoms with E-state index >= 15 is 0 Å². The fourth-order valence-corrected chi connectivity index (χ4v) is 3.56. The largest absolute Gasteiger partial charge is 0.726 e. The van der Waals surface area contributed by atoms with Gasteiger partial charge in [0.25, 0.3) is 0 Å². The Morgan fingerprint density at radius 1 is 1.19 bits per heavy atom. The number of methoxy groups -OCH3 is 1. The van der Waals surface area contributed by atoms with Gasteiger partial charge in [-0.25, -0.2) is 13.0 Å². The Labute approximate surface area is 190 Å². The van der Waals surface area contributed by atoms with Crippen LogP contribution in [0.3, 0.4) is 0 Å². The average molecular weight is 478 g/mol. The van der Waals surface area contributed by atoms with Gasteiger partial charge in [-0.3, -0.25) is 4.18 Å². The Kier molecular flexibility index (Phi) is 9.03. The van der Waals surface area contributed by atoms with Crippen molar-refractivity contribution >= 4 is 48.5 Å². The number of benzene rings is 2. The number of nitriles is 1. The quantitative estimate of drug-likeness (QED) is 0.220. The van der Waals surface area contributed by atoms with Crippen LogP contribution in [0, 0.1) is 11.3 Å². The van der Waals surface area contributed by atoms with Gasteiger partial charge in [0.05, 0.1) is 43.6 Å². The number of fused-ring (bicyclic) bond motifs is 1. The van der Waals surface area contributed by atoms with E-state index in [1.54, 1.807) is 18.4 Å². The molecule has 0 saturated heterocycles. The Hall–Kier alpha value is -3.11. The molecule has 0 N–H and O–H groups in total. The van der Waals surface area contributed by atoms with Gasteiger partial charge in [0.1, 0.15) is 17.0 Å². The molecule has 0 atom stereocenters. The minimum absolute atomic E-state index is 0.505. The predicted octanol–water partition coefficient (Wildman–Crippen LogP) is 3.59. The highest BCUT2D eigenvalue weighted by molar-refractivity contribution is 7.80. The minimum atomic E-state index is -4.41. The summed E-state index contributed by atoms with van der Waals surface area (Å²) in [5.41, 5.74) is 2.94. The first-order chi connectivity index (χ1) is 15.2. The van der Waals surface area contributed by atoms with E-state index in [0.29, 0.717) is 13.0 Å². The molecule has 10 nitrogen and oxygen atoms in total. The average Bonchev–Trinajstić information content (AvgIpc) is 3.11. The van der Waals surface area contributed by atoms with E-state index in [9.17, 15) is 13.0 Å². The Bertz CT molecular complexity index is 1220. The maximum atomic E-state index is 9.22. The van der Waals surface area contributed by atoms with Crippen LogP contribution in [-0.2, 0) is 21.6 Å². The Morgan fingerprint density at radius 3 is 2.41 bits per heavy atom. The maximum absolute atomic E-state index is 9.22. The minimum Gasteiger partial charge on any atom is -0.726 e.